The molecular formula is C17H23NO5. The average Bonchev–Trinajstić information content (AvgIpc) is 2.42. The number of benzene rings is 1. The molecule has 2 aliphatic heterocycles. The fraction of sp³-hybridized carbons (Fsp3) is 0.588. The molecule has 1 fully saturated rings. The van der Waals surface area contributed by atoms with Crippen molar-refractivity contribution in [2.24, 2.45) is 0 Å². The number of rotatable bonds is 1. The van der Waals surface area contributed by atoms with Gasteiger partial charge in [0.2, 0.25) is 0 Å². The van der Waals surface area contributed by atoms with Gasteiger partial charge in [0.1, 0.15) is 22.7 Å². The number of methoxy groups -OCH3 is 1. The number of aliphatic hydroxyl groups is 1. The van der Waals surface area contributed by atoms with E-state index in [2.05, 4.69) is 0 Å². The molecule has 1 N–H and O–H groups in total. The Hall–Kier alpha value is -1.95. The first-order valence-electron chi connectivity index (χ1n) is 7.74. The minimum absolute atomic E-state index is 0.346. The Morgan fingerprint density at radius 1 is 1.39 bits per heavy atom. The Kier molecular flexibility index (Phi) is 3.67. The maximum atomic E-state index is 12.0. The van der Waals surface area contributed by atoms with Crippen LogP contribution in [0.3, 0.4) is 0 Å². The second-order valence-electron chi connectivity index (χ2n) is 7.25. The number of ether oxygens (including phenoxy) is 3. The molecule has 6 heteroatoms. The van der Waals surface area contributed by atoms with E-state index in [1.165, 1.54) is 0 Å². The smallest absolute Gasteiger partial charge is 0.410 e. The second-order valence-corrected chi connectivity index (χ2v) is 7.25. The minimum atomic E-state index is -0.630. The van der Waals surface area contributed by atoms with Crippen LogP contribution in [0.2, 0.25) is 0 Å². The van der Waals surface area contributed by atoms with E-state index in [-0.39, 0.29) is 6.09 Å². The van der Waals surface area contributed by atoms with Gasteiger partial charge in [0, 0.05) is 12.0 Å². The molecule has 1 spiro atoms. The molecule has 0 saturated carbocycles. The van der Waals surface area contributed by atoms with Gasteiger partial charge in [0.15, 0.2) is 0 Å². The Morgan fingerprint density at radius 3 is 2.70 bits per heavy atom. The van der Waals surface area contributed by atoms with Crippen molar-refractivity contribution < 1.29 is 24.1 Å². The van der Waals surface area contributed by atoms with Crippen LogP contribution in [0.5, 0.6) is 11.5 Å². The third kappa shape index (κ3) is 3.08. The summed E-state index contributed by atoms with van der Waals surface area (Å²) in [5.74, 6) is 1.33. The summed E-state index contributed by atoms with van der Waals surface area (Å²) in [7, 11) is 1.59. The van der Waals surface area contributed by atoms with E-state index in [4.69, 9.17) is 14.2 Å². The molecule has 3 rings (SSSR count). The average molecular weight is 321 g/mol. The van der Waals surface area contributed by atoms with Gasteiger partial charge >= 0.3 is 6.09 Å². The number of fused-ring (bicyclic) bond motifs is 1. The predicted octanol–water partition coefficient (Wildman–Crippen LogP) is 2.50. The van der Waals surface area contributed by atoms with Crippen LogP contribution in [0.25, 0.3) is 0 Å². The third-order valence-corrected chi connectivity index (χ3v) is 4.08. The van der Waals surface area contributed by atoms with Crippen LogP contribution in [-0.2, 0) is 4.74 Å². The Balaban J connectivity index is 1.69. The summed E-state index contributed by atoms with van der Waals surface area (Å²) in [5.41, 5.74) is -0.320. The van der Waals surface area contributed by atoms with Crippen LogP contribution < -0.4 is 9.47 Å². The van der Waals surface area contributed by atoms with Crippen molar-refractivity contribution in [2.45, 2.75) is 44.5 Å². The van der Waals surface area contributed by atoms with Crippen molar-refractivity contribution >= 4 is 6.09 Å². The molecule has 126 valence electrons. The van der Waals surface area contributed by atoms with Gasteiger partial charge in [0.05, 0.1) is 26.3 Å². The normalized spacial score (nSPS) is 22.0. The summed E-state index contributed by atoms with van der Waals surface area (Å²) in [4.78, 5) is 13.7. The van der Waals surface area contributed by atoms with Gasteiger partial charge < -0.3 is 24.2 Å². The lowest BCUT2D eigenvalue weighted by Crippen LogP contribution is -2.68. The van der Waals surface area contributed by atoms with Crippen LogP contribution in [0, 0.1) is 0 Å². The number of aliphatic hydroxyl groups excluding tert-OH is 1. The molecule has 1 saturated heterocycles. The van der Waals surface area contributed by atoms with Gasteiger partial charge in [-0.05, 0) is 39.0 Å². The first-order chi connectivity index (χ1) is 10.7. The Bertz CT molecular complexity index is 616. The SMILES string of the molecule is COc1ccc2c(c1)[C@H](O)CC1(CN(C(=O)OC(C)(C)C)C1)O2. The van der Waals surface area contributed by atoms with Crippen molar-refractivity contribution in [3.63, 3.8) is 0 Å². The number of hydrogen-bond acceptors (Lipinski definition) is 5. The molecule has 1 aromatic rings. The number of amides is 1. The van der Waals surface area contributed by atoms with Gasteiger partial charge in [-0.15, -0.1) is 0 Å². The summed E-state index contributed by atoms with van der Waals surface area (Å²) in [5, 5.41) is 10.4. The molecule has 1 aromatic carbocycles. The summed E-state index contributed by atoms with van der Waals surface area (Å²) >= 11 is 0. The van der Waals surface area contributed by atoms with Gasteiger partial charge in [-0.2, -0.15) is 0 Å². The Labute approximate surface area is 135 Å². The van der Waals surface area contributed by atoms with Crippen molar-refractivity contribution in [2.75, 3.05) is 20.2 Å². The fourth-order valence-corrected chi connectivity index (χ4v) is 3.04. The molecule has 1 amide bonds. The largest absolute Gasteiger partial charge is 0.497 e. The molecule has 0 unspecified atom stereocenters. The van der Waals surface area contributed by atoms with E-state index < -0.39 is 17.3 Å². The van der Waals surface area contributed by atoms with E-state index >= 15 is 0 Å². The topological polar surface area (TPSA) is 68.2 Å². The van der Waals surface area contributed by atoms with Gasteiger partial charge in [-0.25, -0.2) is 4.79 Å². The quantitative estimate of drug-likeness (QED) is 0.861. The molecule has 2 heterocycles. The number of carbonyl (C=O) groups excluding carboxylic acids is 1. The molecule has 0 radical (unpaired) electrons. The van der Waals surface area contributed by atoms with E-state index in [1.807, 2.05) is 20.8 Å². The minimum Gasteiger partial charge on any atom is -0.497 e. The molecule has 2 aliphatic rings. The van der Waals surface area contributed by atoms with Crippen molar-refractivity contribution in [1.29, 1.82) is 0 Å². The first-order valence-corrected chi connectivity index (χ1v) is 7.74. The van der Waals surface area contributed by atoms with Gasteiger partial charge in [-0.3, -0.25) is 0 Å². The molecule has 0 bridgehead atoms. The standard InChI is InChI=1S/C17H23NO5/c1-16(2,3)23-15(20)18-9-17(10-18)8-13(19)12-7-11(21-4)5-6-14(12)22-17/h5-7,13,19H,8-10H2,1-4H3/t13-/m1/s1. The van der Waals surface area contributed by atoms with Gasteiger partial charge in [-0.1, -0.05) is 0 Å². The lowest BCUT2D eigenvalue weighted by atomic mass is 9.83. The maximum absolute atomic E-state index is 12.0. The summed E-state index contributed by atoms with van der Waals surface area (Å²) in [6.07, 6.45) is -0.525. The number of hydrogen-bond donors (Lipinski definition) is 1. The molecular weight excluding hydrogens is 298 g/mol. The molecule has 23 heavy (non-hydrogen) atoms. The molecule has 1 atom stereocenters. The number of nitrogens with zero attached hydrogens (tertiary/aromatic N) is 1. The first kappa shape index (κ1) is 15.9. The highest BCUT2D eigenvalue weighted by molar-refractivity contribution is 5.70. The van der Waals surface area contributed by atoms with Crippen molar-refractivity contribution in [3.8, 4) is 11.5 Å². The summed E-state index contributed by atoms with van der Waals surface area (Å²) in [6, 6.07) is 5.39. The van der Waals surface area contributed by atoms with E-state index in [0.717, 1.165) is 5.56 Å². The molecule has 0 aliphatic carbocycles. The van der Waals surface area contributed by atoms with E-state index in [0.29, 0.717) is 31.0 Å². The molecule has 6 nitrogen and oxygen atoms in total. The second kappa shape index (κ2) is 5.30. The van der Waals surface area contributed by atoms with E-state index in [1.54, 1.807) is 30.2 Å². The monoisotopic (exact) mass is 321 g/mol. The lowest BCUT2D eigenvalue weighted by molar-refractivity contribution is -0.114. The highest BCUT2D eigenvalue weighted by Gasteiger charge is 2.52. The Morgan fingerprint density at radius 2 is 2.09 bits per heavy atom. The highest BCUT2D eigenvalue weighted by Crippen LogP contribution is 2.45. The number of likely N-dealkylation sites (tertiary alicyclic amines) is 1. The van der Waals surface area contributed by atoms with Crippen molar-refractivity contribution in [1.82, 2.24) is 4.90 Å². The summed E-state index contributed by atoms with van der Waals surface area (Å²) in [6.45, 7) is 6.36. The predicted molar refractivity (Wildman–Crippen MR) is 83.7 cm³/mol. The van der Waals surface area contributed by atoms with Crippen molar-refractivity contribution in [3.05, 3.63) is 23.8 Å². The van der Waals surface area contributed by atoms with E-state index in [9.17, 15) is 9.90 Å². The maximum Gasteiger partial charge on any atom is 0.410 e. The zero-order valence-electron chi connectivity index (χ0n) is 14.0. The third-order valence-electron chi connectivity index (χ3n) is 4.08. The van der Waals surface area contributed by atoms with Crippen LogP contribution in [-0.4, -0.2) is 47.5 Å². The van der Waals surface area contributed by atoms with Crippen LogP contribution >= 0.6 is 0 Å². The lowest BCUT2D eigenvalue weighted by Gasteiger charge is -2.52. The van der Waals surface area contributed by atoms with Crippen LogP contribution in [0.1, 0.15) is 38.9 Å². The zero-order valence-corrected chi connectivity index (χ0v) is 14.0. The zero-order chi connectivity index (χ0) is 16.8. The number of carbonyl (C=O) groups is 1. The molecule has 0 aromatic heterocycles. The van der Waals surface area contributed by atoms with Gasteiger partial charge in [0.25, 0.3) is 0 Å². The van der Waals surface area contributed by atoms with Crippen LogP contribution in [0.4, 0.5) is 4.79 Å². The fourth-order valence-electron chi connectivity index (χ4n) is 3.04. The van der Waals surface area contributed by atoms with Crippen LogP contribution in [0.15, 0.2) is 18.2 Å². The highest BCUT2D eigenvalue weighted by atomic mass is 16.6. The summed E-state index contributed by atoms with van der Waals surface area (Å²) < 4.78 is 16.6.